The number of carboxylic acid groups (broad SMARTS) is 1. The largest absolute Gasteiger partial charge is 0.480 e. The molecule has 0 unspecified atom stereocenters. The molecule has 0 aliphatic heterocycles. The summed E-state index contributed by atoms with van der Waals surface area (Å²) in [6.45, 7) is 20.2. The van der Waals surface area contributed by atoms with E-state index in [0.717, 1.165) is 0 Å². The third kappa shape index (κ3) is 14.1. The monoisotopic (exact) mass is 862 g/mol. The molecule has 3 amide bonds. The molecule has 10 N–H and O–H groups in total. The van der Waals surface area contributed by atoms with E-state index in [1.807, 2.05) is 5.43 Å². The van der Waals surface area contributed by atoms with Crippen molar-refractivity contribution in [3.8, 4) is 0 Å². The third-order valence-corrected chi connectivity index (χ3v) is 9.21. The predicted octanol–water partition coefficient (Wildman–Crippen LogP) is 7.36. The fourth-order valence-electron chi connectivity index (χ4n) is 4.51. The van der Waals surface area contributed by atoms with E-state index < -0.39 is 42.1 Å². The number of nitrogens with zero attached hydrogens (tertiary/aromatic N) is 2. The molecule has 0 fully saturated rings. The lowest BCUT2D eigenvalue weighted by Crippen LogP contribution is -2.52. The first kappa shape index (κ1) is 47.5. The standard InChI is InChI=1S/C19H18Cl2N4O3.C12H13ClN2O3.C7H7ClN2O.2H2/c1-10-14(8-9-15(22-3)16(10)21)23-17(11(2)26)19(28)25-24-18(27)12-4-6-13(20)7-5-12;1-6-8(4-5-9(14-3)10(6)13)15-11(7(2)16)12(17)18;8-6-3-1-5(2-4-6)7(11)10-9;;/h4-9,11,17,23,26H,1-2H3,(H,24,27)(H,25,28);4-5,7,11,15-16H,1-2H3,(H,17,18);1-4H,9H2,(H,10,11);2*1H/t11-,17-;7-,11-;;;/m11.../s1. The van der Waals surface area contributed by atoms with Gasteiger partial charge in [-0.1, -0.05) is 58.5 Å². The summed E-state index contributed by atoms with van der Waals surface area (Å²) in [7, 11) is 0. The average molecular weight is 865 g/mol. The number of carbonyl (C=O) groups excluding carboxylic acids is 3. The normalized spacial score (nSPS) is 12.2. The number of hydrogen-bond acceptors (Lipinski definition) is 9. The molecule has 4 aromatic carbocycles. The number of rotatable bonds is 10. The van der Waals surface area contributed by atoms with Crippen molar-refractivity contribution in [2.45, 2.75) is 52.0 Å². The summed E-state index contributed by atoms with van der Waals surface area (Å²) in [6, 6.07) is 16.6. The lowest BCUT2D eigenvalue weighted by atomic mass is 10.1. The van der Waals surface area contributed by atoms with Gasteiger partial charge in [0, 0.05) is 35.4 Å². The molecule has 0 aliphatic carbocycles. The Morgan fingerprint density at radius 1 is 0.649 bits per heavy atom. The molecule has 0 saturated carbocycles. The predicted molar refractivity (Wildman–Crippen MR) is 225 cm³/mol. The number of carboxylic acids is 1. The number of amides is 3. The Labute approximate surface area is 351 Å². The molecule has 0 spiro atoms. The lowest BCUT2D eigenvalue weighted by molar-refractivity contribution is -0.140. The van der Waals surface area contributed by atoms with Crippen molar-refractivity contribution >= 4 is 92.8 Å². The molecule has 19 heteroatoms. The van der Waals surface area contributed by atoms with Gasteiger partial charge < -0.3 is 26.0 Å². The maximum absolute atomic E-state index is 12.4. The third-order valence-electron chi connectivity index (χ3n) is 7.75. The van der Waals surface area contributed by atoms with Crippen LogP contribution >= 0.6 is 46.4 Å². The van der Waals surface area contributed by atoms with E-state index in [9.17, 15) is 29.4 Å². The number of nitrogen functional groups attached to an aromatic ring is 1. The Morgan fingerprint density at radius 3 is 1.39 bits per heavy atom. The second kappa shape index (κ2) is 22.8. The van der Waals surface area contributed by atoms with Gasteiger partial charge in [-0.3, -0.25) is 30.7 Å². The number of hydrogen-bond donors (Lipinski definition) is 9. The number of halogens is 4. The van der Waals surface area contributed by atoms with Crippen LogP contribution in [-0.2, 0) is 9.59 Å². The summed E-state index contributed by atoms with van der Waals surface area (Å²) in [6.07, 6.45) is -2.13. The average Bonchev–Trinajstić information content (AvgIpc) is 3.18. The topological polar surface area (TPSA) is 224 Å². The van der Waals surface area contributed by atoms with Gasteiger partial charge >= 0.3 is 5.97 Å². The number of hydrazine groups is 2. The number of aliphatic carboxylic acids is 1. The molecule has 15 nitrogen and oxygen atoms in total. The van der Waals surface area contributed by atoms with Crippen molar-refractivity contribution in [2.75, 3.05) is 10.6 Å². The number of carbonyl (C=O) groups is 4. The molecule has 0 radical (unpaired) electrons. The molecule has 304 valence electrons. The Bertz CT molecular complexity index is 2150. The number of aliphatic hydroxyl groups is 2. The smallest absolute Gasteiger partial charge is 0.328 e. The first-order valence-corrected chi connectivity index (χ1v) is 17.9. The van der Waals surface area contributed by atoms with Gasteiger partial charge in [0.15, 0.2) is 6.04 Å². The fraction of sp³-hybridized carbons (Fsp3) is 0.211. The SMILES string of the molecule is NNC(=O)c1ccc(Cl)cc1.[C-]#[N+]c1ccc(N[C@@H](C(=O)NNC(=O)c2ccc(Cl)cc2)[C@@H](C)O)c(C)c1Cl.[C-]#[N+]c1ccc(N[C@@H](C(=O)O)[C@@H](C)O)c(C)c1Cl.[HH].[HH]. The van der Waals surface area contributed by atoms with E-state index in [4.69, 9.17) is 70.5 Å². The van der Waals surface area contributed by atoms with Crippen LogP contribution in [0.25, 0.3) is 9.69 Å². The van der Waals surface area contributed by atoms with E-state index in [1.54, 1.807) is 62.4 Å². The van der Waals surface area contributed by atoms with Crippen molar-refractivity contribution in [3.63, 3.8) is 0 Å². The van der Waals surface area contributed by atoms with Crippen LogP contribution in [0.4, 0.5) is 22.7 Å². The number of aliphatic hydroxyl groups excluding tert-OH is 2. The van der Waals surface area contributed by atoms with Gasteiger partial charge in [-0.15, -0.1) is 0 Å². The number of anilines is 2. The van der Waals surface area contributed by atoms with Gasteiger partial charge in [-0.2, -0.15) is 0 Å². The maximum atomic E-state index is 12.4. The zero-order chi connectivity index (χ0) is 43.0. The molecular formula is C38H42Cl4N8O7. The van der Waals surface area contributed by atoms with E-state index in [2.05, 4.69) is 31.2 Å². The Morgan fingerprint density at radius 2 is 1.04 bits per heavy atom. The fourth-order valence-corrected chi connectivity index (χ4v) is 5.18. The van der Waals surface area contributed by atoms with Crippen LogP contribution in [0, 0.1) is 27.0 Å². The van der Waals surface area contributed by atoms with Gasteiger partial charge in [-0.25, -0.2) is 20.3 Å². The highest BCUT2D eigenvalue weighted by molar-refractivity contribution is 6.35. The second-order valence-electron chi connectivity index (χ2n) is 11.9. The van der Waals surface area contributed by atoms with Crippen LogP contribution in [0.1, 0.15) is 48.5 Å². The van der Waals surface area contributed by atoms with E-state index in [0.29, 0.717) is 49.4 Å². The van der Waals surface area contributed by atoms with Crippen molar-refractivity contribution in [1.82, 2.24) is 16.3 Å². The second-order valence-corrected chi connectivity index (χ2v) is 13.5. The van der Waals surface area contributed by atoms with Crippen LogP contribution in [0.5, 0.6) is 0 Å². The quantitative estimate of drug-likeness (QED) is 0.0334. The minimum Gasteiger partial charge on any atom is -0.480 e. The van der Waals surface area contributed by atoms with Crippen molar-refractivity contribution in [1.29, 1.82) is 0 Å². The number of nitrogens with two attached hydrogens (primary N) is 1. The lowest BCUT2D eigenvalue weighted by Gasteiger charge is -2.23. The molecule has 4 atom stereocenters. The Balaban J connectivity index is 0.000000930. The van der Waals surface area contributed by atoms with Crippen LogP contribution in [0.2, 0.25) is 20.1 Å². The van der Waals surface area contributed by atoms with Crippen molar-refractivity contribution < 1.29 is 37.4 Å². The van der Waals surface area contributed by atoms with E-state index >= 15 is 0 Å². The summed E-state index contributed by atoms with van der Waals surface area (Å²) in [5.41, 5.74) is 10.1. The summed E-state index contributed by atoms with van der Waals surface area (Å²) < 4.78 is 0. The summed E-state index contributed by atoms with van der Waals surface area (Å²) >= 11 is 23.5. The van der Waals surface area contributed by atoms with Crippen molar-refractivity contribution in [2.24, 2.45) is 5.84 Å². The molecule has 4 rings (SSSR count). The minimum atomic E-state index is -1.16. The molecule has 0 aliphatic rings. The molecule has 0 bridgehead atoms. The Hall–Kier alpha value is -5.62. The highest BCUT2D eigenvalue weighted by atomic mass is 35.5. The number of benzene rings is 4. The van der Waals surface area contributed by atoms with Crippen LogP contribution in [0.15, 0.2) is 72.8 Å². The number of nitrogens with one attached hydrogen (secondary N) is 5. The summed E-state index contributed by atoms with van der Waals surface area (Å²) in [5, 5.41) is 35.5. The first-order valence-electron chi connectivity index (χ1n) is 16.4. The van der Waals surface area contributed by atoms with Gasteiger partial charge in [0.05, 0.1) is 35.4 Å². The zero-order valence-corrected chi connectivity index (χ0v) is 33.7. The summed E-state index contributed by atoms with van der Waals surface area (Å²) in [4.78, 5) is 52.9. The van der Waals surface area contributed by atoms with Gasteiger partial charge in [0.25, 0.3) is 17.7 Å². The highest BCUT2D eigenvalue weighted by Crippen LogP contribution is 2.34. The highest BCUT2D eigenvalue weighted by Gasteiger charge is 2.26. The minimum absolute atomic E-state index is 0. The molecular weight excluding hydrogens is 822 g/mol. The van der Waals surface area contributed by atoms with Crippen LogP contribution in [0.3, 0.4) is 0 Å². The summed E-state index contributed by atoms with van der Waals surface area (Å²) in [5.74, 6) is 2.25. The molecule has 0 saturated heterocycles. The molecule has 57 heavy (non-hydrogen) atoms. The molecule has 4 aromatic rings. The zero-order valence-electron chi connectivity index (χ0n) is 30.7. The van der Waals surface area contributed by atoms with E-state index in [-0.39, 0.29) is 24.5 Å². The van der Waals surface area contributed by atoms with Gasteiger partial charge in [0.2, 0.25) is 11.4 Å². The van der Waals surface area contributed by atoms with Crippen LogP contribution < -0.4 is 32.8 Å². The molecule has 0 aromatic heterocycles. The van der Waals surface area contributed by atoms with Gasteiger partial charge in [0.1, 0.15) is 6.04 Å². The van der Waals surface area contributed by atoms with Crippen LogP contribution in [-0.4, -0.2) is 63.3 Å². The van der Waals surface area contributed by atoms with Crippen molar-refractivity contribution in [3.05, 3.63) is 138 Å². The maximum Gasteiger partial charge on any atom is 0.328 e. The van der Waals surface area contributed by atoms with Gasteiger partial charge in [-0.05, 0) is 99.5 Å². The first-order chi connectivity index (χ1) is 26.9. The van der Waals surface area contributed by atoms with E-state index in [1.165, 1.54) is 38.1 Å². The molecule has 0 heterocycles. The Kier molecular flexibility index (Phi) is 19.0.